The molecule has 2 aliphatic rings. The van der Waals surface area contributed by atoms with Crippen molar-refractivity contribution in [1.29, 1.82) is 0 Å². The van der Waals surface area contributed by atoms with E-state index in [0.717, 1.165) is 26.2 Å². The summed E-state index contributed by atoms with van der Waals surface area (Å²) in [6.07, 6.45) is 1.20. The lowest BCUT2D eigenvalue weighted by atomic mass is 10.0. The quantitative estimate of drug-likeness (QED) is 0.633. The standard InChI is InChI=1S/C9H18N2O.2C2H6/c1-10-4-3-9(7-10)8-11(2)5-6-12-9;2*1-2/h3-8H2,1-2H3;2*1-2H3. The minimum Gasteiger partial charge on any atom is -0.371 e. The smallest absolute Gasteiger partial charge is 0.0947 e. The van der Waals surface area contributed by atoms with Crippen LogP contribution in [0.3, 0.4) is 0 Å². The number of rotatable bonds is 0. The highest BCUT2D eigenvalue weighted by Crippen LogP contribution is 2.27. The summed E-state index contributed by atoms with van der Waals surface area (Å²) in [6.45, 7) is 13.4. The molecule has 0 bridgehead atoms. The third kappa shape index (κ3) is 4.40. The van der Waals surface area contributed by atoms with E-state index in [-0.39, 0.29) is 5.60 Å². The number of nitrogens with zero attached hydrogens (tertiary/aromatic N) is 2. The van der Waals surface area contributed by atoms with E-state index in [9.17, 15) is 0 Å². The molecule has 0 aromatic heterocycles. The number of morpholine rings is 1. The first-order chi connectivity index (χ1) is 7.70. The summed E-state index contributed by atoms with van der Waals surface area (Å²) in [5, 5.41) is 0. The molecule has 0 N–H and O–H groups in total. The molecular formula is C13H30N2O. The Balaban J connectivity index is 0.000000509. The number of likely N-dealkylation sites (N-methyl/N-ethyl adjacent to an activating group) is 2. The van der Waals surface area contributed by atoms with Gasteiger partial charge in [-0.2, -0.15) is 0 Å². The SMILES string of the molecule is CC.CC.CN1CCOC2(CCN(C)C2)C1. The zero-order chi connectivity index (χ0) is 12.6. The summed E-state index contributed by atoms with van der Waals surface area (Å²) in [6, 6.07) is 0. The van der Waals surface area contributed by atoms with E-state index >= 15 is 0 Å². The Morgan fingerprint density at radius 1 is 0.875 bits per heavy atom. The summed E-state index contributed by atoms with van der Waals surface area (Å²) < 4.78 is 5.88. The molecule has 0 aromatic rings. The fourth-order valence-corrected chi connectivity index (χ4v) is 2.33. The zero-order valence-electron chi connectivity index (χ0n) is 12.0. The van der Waals surface area contributed by atoms with E-state index in [2.05, 4.69) is 23.9 Å². The van der Waals surface area contributed by atoms with Gasteiger partial charge in [0.1, 0.15) is 0 Å². The molecule has 1 unspecified atom stereocenters. The topological polar surface area (TPSA) is 15.7 Å². The van der Waals surface area contributed by atoms with Crippen LogP contribution in [0.1, 0.15) is 34.1 Å². The van der Waals surface area contributed by atoms with Crippen LogP contribution in [0.2, 0.25) is 0 Å². The summed E-state index contributed by atoms with van der Waals surface area (Å²) in [5.41, 5.74) is 0.168. The molecular weight excluding hydrogens is 200 g/mol. The van der Waals surface area contributed by atoms with Gasteiger partial charge in [-0.3, -0.25) is 0 Å². The number of ether oxygens (including phenoxy) is 1. The predicted octanol–water partition coefficient (Wildman–Crippen LogP) is 2.08. The third-order valence-corrected chi connectivity index (χ3v) is 2.95. The summed E-state index contributed by atoms with van der Waals surface area (Å²) >= 11 is 0. The molecule has 2 heterocycles. The molecule has 2 rings (SSSR count). The van der Waals surface area contributed by atoms with Gasteiger partial charge in [-0.05, 0) is 20.5 Å². The van der Waals surface area contributed by atoms with E-state index < -0.39 is 0 Å². The normalized spacial score (nSPS) is 30.4. The average molecular weight is 230 g/mol. The van der Waals surface area contributed by atoms with Gasteiger partial charge in [0.05, 0.1) is 12.2 Å². The van der Waals surface area contributed by atoms with Crippen molar-refractivity contribution in [2.24, 2.45) is 0 Å². The minimum atomic E-state index is 0.168. The second-order valence-electron chi connectivity index (χ2n) is 4.26. The molecule has 98 valence electrons. The molecule has 0 radical (unpaired) electrons. The van der Waals surface area contributed by atoms with Crippen LogP contribution >= 0.6 is 0 Å². The van der Waals surface area contributed by atoms with Crippen molar-refractivity contribution in [3.8, 4) is 0 Å². The van der Waals surface area contributed by atoms with E-state index in [1.807, 2.05) is 27.7 Å². The Kier molecular flexibility index (Phi) is 7.98. The van der Waals surface area contributed by atoms with Crippen LogP contribution in [0.15, 0.2) is 0 Å². The largest absolute Gasteiger partial charge is 0.371 e. The van der Waals surface area contributed by atoms with Crippen LogP contribution in [0.25, 0.3) is 0 Å². The molecule has 2 saturated heterocycles. The lowest BCUT2D eigenvalue weighted by Gasteiger charge is -2.38. The monoisotopic (exact) mass is 230 g/mol. The maximum Gasteiger partial charge on any atom is 0.0947 e. The van der Waals surface area contributed by atoms with Gasteiger partial charge >= 0.3 is 0 Å². The van der Waals surface area contributed by atoms with E-state index in [1.54, 1.807) is 0 Å². The van der Waals surface area contributed by atoms with Crippen molar-refractivity contribution < 1.29 is 4.74 Å². The molecule has 0 aromatic carbocycles. The predicted molar refractivity (Wildman–Crippen MR) is 71.0 cm³/mol. The van der Waals surface area contributed by atoms with Crippen molar-refractivity contribution in [3.63, 3.8) is 0 Å². The highest BCUT2D eigenvalue weighted by molar-refractivity contribution is 4.94. The van der Waals surface area contributed by atoms with Gasteiger partial charge in [0, 0.05) is 26.2 Å². The number of hydrogen-bond acceptors (Lipinski definition) is 3. The van der Waals surface area contributed by atoms with Gasteiger partial charge in [-0.25, -0.2) is 0 Å². The van der Waals surface area contributed by atoms with E-state index in [4.69, 9.17) is 4.74 Å². The van der Waals surface area contributed by atoms with Gasteiger partial charge in [-0.15, -0.1) is 0 Å². The Labute approximate surface area is 102 Å². The molecule has 0 aliphatic carbocycles. The molecule has 2 fully saturated rings. The van der Waals surface area contributed by atoms with Gasteiger partial charge in [-0.1, -0.05) is 27.7 Å². The van der Waals surface area contributed by atoms with Crippen molar-refractivity contribution in [1.82, 2.24) is 9.80 Å². The summed E-state index contributed by atoms with van der Waals surface area (Å²) in [4.78, 5) is 4.74. The molecule has 1 atom stereocenters. The Bertz CT molecular complexity index is 171. The third-order valence-electron chi connectivity index (χ3n) is 2.95. The molecule has 0 saturated carbocycles. The number of likely N-dealkylation sites (tertiary alicyclic amines) is 1. The highest BCUT2D eigenvalue weighted by atomic mass is 16.5. The van der Waals surface area contributed by atoms with Crippen LogP contribution < -0.4 is 0 Å². The van der Waals surface area contributed by atoms with Gasteiger partial charge < -0.3 is 14.5 Å². The van der Waals surface area contributed by atoms with Crippen LogP contribution in [0, 0.1) is 0 Å². The van der Waals surface area contributed by atoms with Crippen molar-refractivity contribution in [3.05, 3.63) is 0 Å². The van der Waals surface area contributed by atoms with Crippen molar-refractivity contribution in [2.45, 2.75) is 39.7 Å². The van der Waals surface area contributed by atoms with Crippen molar-refractivity contribution >= 4 is 0 Å². The van der Waals surface area contributed by atoms with Crippen LogP contribution in [-0.4, -0.2) is 62.3 Å². The highest BCUT2D eigenvalue weighted by Gasteiger charge is 2.40. The maximum atomic E-state index is 5.88. The first kappa shape index (κ1) is 15.9. The lowest BCUT2D eigenvalue weighted by Crippen LogP contribution is -2.51. The number of hydrogen-bond donors (Lipinski definition) is 0. The second kappa shape index (κ2) is 8.04. The summed E-state index contributed by atoms with van der Waals surface area (Å²) in [5.74, 6) is 0. The van der Waals surface area contributed by atoms with Crippen LogP contribution in [-0.2, 0) is 4.74 Å². The Hall–Kier alpha value is -0.120. The Morgan fingerprint density at radius 3 is 1.81 bits per heavy atom. The molecule has 2 aliphatic heterocycles. The van der Waals surface area contributed by atoms with Crippen LogP contribution in [0.4, 0.5) is 0 Å². The summed E-state index contributed by atoms with van der Waals surface area (Å²) in [7, 11) is 4.36. The molecule has 3 heteroatoms. The molecule has 0 amide bonds. The minimum absolute atomic E-state index is 0.168. The van der Waals surface area contributed by atoms with Crippen molar-refractivity contribution in [2.75, 3.05) is 46.9 Å². The fourth-order valence-electron chi connectivity index (χ4n) is 2.33. The van der Waals surface area contributed by atoms with Gasteiger partial charge in [0.25, 0.3) is 0 Å². The van der Waals surface area contributed by atoms with Gasteiger partial charge in [0.15, 0.2) is 0 Å². The van der Waals surface area contributed by atoms with E-state index in [0.29, 0.717) is 0 Å². The molecule has 3 nitrogen and oxygen atoms in total. The second-order valence-corrected chi connectivity index (χ2v) is 4.26. The Morgan fingerprint density at radius 2 is 1.38 bits per heavy atom. The van der Waals surface area contributed by atoms with E-state index in [1.165, 1.54) is 13.0 Å². The molecule has 16 heavy (non-hydrogen) atoms. The van der Waals surface area contributed by atoms with Crippen LogP contribution in [0.5, 0.6) is 0 Å². The van der Waals surface area contributed by atoms with Gasteiger partial charge in [0.2, 0.25) is 0 Å². The first-order valence-corrected chi connectivity index (χ1v) is 6.71. The average Bonchev–Trinajstić information content (AvgIpc) is 2.65. The lowest BCUT2D eigenvalue weighted by molar-refractivity contribution is -0.0939. The zero-order valence-corrected chi connectivity index (χ0v) is 12.0. The first-order valence-electron chi connectivity index (χ1n) is 6.71. The molecule has 1 spiro atoms. The fraction of sp³-hybridized carbons (Fsp3) is 1.00. The maximum absolute atomic E-state index is 5.88.